The Balaban J connectivity index is 1.99. The highest BCUT2D eigenvalue weighted by atomic mass is 32.2. The maximum atomic E-state index is 11.2. The van der Waals surface area contributed by atoms with Crippen LogP contribution in [0.4, 0.5) is 0 Å². The van der Waals surface area contributed by atoms with Gasteiger partial charge in [-0.3, -0.25) is 4.90 Å². The molecule has 1 aliphatic heterocycles. The number of hydrogen-bond donors (Lipinski definition) is 1. The third kappa shape index (κ3) is 5.07. The van der Waals surface area contributed by atoms with Crippen LogP contribution >= 0.6 is 0 Å². The summed E-state index contributed by atoms with van der Waals surface area (Å²) in [5.74, 6) is 0.412. The van der Waals surface area contributed by atoms with Crippen molar-refractivity contribution < 1.29 is 8.42 Å². The summed E-state index contributed by atoms with van der Waals surface area (Å²) in [7, 11) is -3.09. The Labute approximate surface area is 135 Å². The Kier molecular flexibility index (Phi) is 5.64. The normalized spacial score (nSPS) is 20.3. The molecular weight excluding hydrogens is 296 g/mol. The van der Waals surface area contributed by atoms with Crippen molar-refractivity contribution in [3.05, 3.63) is 34.4 Å². The van der Waals surface area contributed by atoms with Gasteiger partial charge in [-0.15, -0.1) is 0 Å². The minimum absolute atomic E-state index is 0.412. The van der Waals surface area contributed by atoms with Crippen LogP contribution < -0.4 is 4.72 Å². The molecule has 0 aromatic heterocycles. The molecule has 1 aliphatic rings. The van der Waals surface area contributed by atoms with Crippen LogP contribution in [0.3, 0.4) is 0 Å². The van der Waals surface area contributed by atoms with Crippen molar-refractivity contribution in [1.29, 1.82) is 0 Å². The highest BCUT2D eigenvalue weighted by molar-refractivity contribution is 7.88. The molecule has 1 aromatic carbocycles. The fraction of sp³-hybridized carbons (Fsp3) is 0.647. The Morgan fingerprint density at radius 3 is 2.45 bits per heavy atom. The van der Waals surface area contributed by atoms with E-state index in [4.69, 9.17) is 0 Å². The molecule has 1 aromatic rings. The van der Waals surface area contributed by atoms with Crippen molar-refractivity contribution in [1.82, 2.24) is 9.62 Å². The summed E-state index contributed by atoms with van der Waals surface area (Å²) in [6.07, 6.45) is 3.47. The molecule has 124 valence electrons. The van der Waals surface area contributed by atoms with Gasteiger partial charge in [-0.05, 0) is 62.8 Å². The van der Waals surface area contributed by atoms with E-state index in [2.05, 4.69) is 42.5 Å². The van der Waals surface area contributed by atoms with Gasteiger partial charge in [0.1, 0.15) is 0 Å². The first-order valence-corrected chi connectivity index (χ1v) is 9.87. The lowest BCUT2D eigenvalue weighted by Crippen LogP contribution is -2.40. The van der Waals surface area contributed by atoms with Crippen molar-refractivity contribution in [2.24, 2.45) is 5.92 Å². The number of hydrogen-bond acceptors (Lipinski definition) is 3. The molecule has 1 heterocycles. The molecule has 0 saturated carbocycles. The molecule has 4 nitrogen and oxygen atoms in total. The van der Waals surface area contributed by atoms with E-state index in [-0.39, 0.29) is 0 Å². The zero-order chi connectivity index (χ0) is 16.3. The number of benzene rings is 1. The number of nitrogens with one attached hydrogen (secondary N) is 1. The average molecular weight is 324 g/mol. The van der Waals surface area contributed by atoms with Gasteiger partial charge in [-0.25, -0.2) is 13.1 Å². The van der Waals surface area contributed by atoms with Gasteiger partial charge >= 0.3 is 0 Å². The zero-order valence-corrected chi connectivity index (χ0v) is 15.0. The zero-order valence-electron chi connectivity index (χ0n) is 14.1. The van der Waals surface area contributed by atoms with Crippen LogP contribution in [0.15, 0.2) is 12.1 Å². The molecule has 1 saturated heterocycles. The van der Waals surface area contributed by atoms with Crippen molar-refractivity contribution in [3.63, 3.8) is 0 Å². The third-order valence-corrected chi connectivity index (χ3v) is 5.15. The standard InChI is InChI=1S/C17H28N2O2S/c1-13-8-14(2)17(15(3)9-13)12-19-7-5-6-16(11-19)10-18-22(4,20)21/h8-9,16,18H,5-7,10-12H2,1-4H3/t16-/m1/s1. The minimum atomic E-state index is -3.09. The molecule has 5 heteroatoms. The molecule has 0 amide bonds. The number of piperidine rings is 1. The van der Waals surface area contributed by atoms with Gasteiger partial charge in [-0.1, -0.05) is 17.7 Å². The van der Waals surface area contributed by atoms with Gasteiger partial charge in [0, 0.05) is 19.6 Å². The molecular formula is C17H28N2O2S. The first kappa shape index (κ1) is 17.4. The van der Waals surface area contributed by atoms with E-state index < -0.39 is 10.0 Å². The van der Waals surface area contributed by atoms with Crippen molar-refractivity contribution in [2.75, 3.05) is 25.9 Å². The Bertz CT molecular complexity index is 603. The van der Waals surface area contributed by atoms with Crippen LogP contribution in [0.25, 0.3) is 0 Å². The van der Waals surface area contributed by atoms with Crippen LogP contribution in [0, 0.1) is 26.7 Å². The van der Waals surface area contributed by atoms with Gasteiger partial charge in [0.05, 0.1) is 6.26 Å². The summed E-state index contributed by atoms with van der Waals surface area (Å²) >= 11 is 0. The summed E-state index contributed by atoms with van der Waals surface area (Å²) in [5, 5.41) is 0. The lowest BCUT2D eigenvalue weighted by atomic mass is 9.95. The average Bonchev–Trinajstić information content (AvgIpc) is 2.40. The van der Waals surface area contributed by atoms with Crippen LogP contribution in [0.5, 0.6) is 0 Å². The van der Waals surface area contributed by atoms with Crippen LogP contribution in [0.1, 0.15) is 35.1 Å². The largest absolute Gasteiger partial charge is 0.299 e. The van der Waals surface area contributed by atoms with Crippen molar-refractivity contribution in [3.8, 4) is 0 Å². The van der Waals surface area contributed by atoms with Crippen LogP contribution in [-0.4, -0.2) is 39.2 Å². The van der Waals surface area contributed by atoms with Crippen LogP contribution in [-0.2, 0) is 16.6 Å². The molecule has 0 radical (unpaired) electrons. The fourth-order valence-electron chi connectivity index (χ4n) is 3.41. The maximum absolute atomic E-state index is 11.2. The number of nitrogens with zero attached hydrogens (tertiary/aromatic N) is 1. The molecule has 1 fully saturated rings. The Morgan fingerprint density at radius 1 is 1.23 bits per heavy atom. The van der Waals surface area contributed by atoms with E-state index in [9.17, 15) is 8.42 Å². The molecule has 2 rings (SSSR count). The molecule has 0 bridgehead atoms. The van der Waals surface area contributed by atoms with Gasteiger partial charge in [0.2, 0.25) is 10.0 Å². The van der Waals surface area contributed by atoms with E-state index in [1.54, 1.807) is 0 Å². The minimum Gasteiger partial charge on any atom is -0.299 e. The lowest BCUT2D eigenvalue weighted by Gasteiger charge is -2.33. The number of aryl methyl sites for hydroxylation is 3. The first-order chi connectivity index (χ1) is 10.2. The van der Waals surface area contributed by atoms with Crippen LogP contribution in [0.2, 0.25) is 0 Å². The van der Waals surface area contributed by atoms with Gasteiger partial charge < -0.3 is 0 Å². The van der Waals surface area contributed by atoms with Crippen molar-refractivity contribution >= 4 is 10.0 Å². The Hall–Kier alpha value is -0.910. The third-order valence-electron chi connectivity index (χ3n) is 4.46. The summed E-state index contributed by atoms with van der Waals surface area (Å²) in [6.45, 7) is 10.1. The molecule has 22 heavy (non-hydrogen) atoms. The summed E-state index contributed by atoms with van der Waals surface area (Å²) in [6, 6.07) is 4.49. The monoisotopic (exact) mass is 324 g/mol. The second-order valence-electron chi connectivity index (χ2n) is 6.74. The highest BCUT2D eigenvalue weighted by Crippen LogP contribution is 2.22. The second kappa shape index (κ2) is 7.11. The van der Waals surface area contributed by atoms with Gasteiger partial charge in [0.25, 0.3) is 0 Å². The lowest BCUT2D eigenvalue weighted by molar-refractivity contribution is 0.168. The number of sulfonamides is 1. The summed E-state index contributed by atoms with van der Waals surface area (Å²) in [4.78, 5) is 2.46. The number of likely N-dealkylation sites (tertiary alicyclic amines) is 1. The van der Waals surface area contributed by atoms with E-state index in [0.717, 1.165) is 32.5 Å². The summed E-state index contributed by atoms with van der Waals surface area (Å²) in [5.41, 5.74) is 5.44. The predicted octanol–water partition coefficient (Wildman–Crippen LogP) is 2.37. The van der Waals surface area contributed by atoms with E-state index in [0.29, 0.717) is 12.5 Å². The van der Waals surface area contributed by atoms with E-state index in [1.165, 1.54) is 28.5 Å². The SMILES string of the molecule is Cc1cc(C)c(CN2CCC[C@H](CNS(C)(=O)=O)C2)c(C)c1. The van der Waals surface area contributed by atoms with E-state index in [1.807, 2.05) is 0 Å². The Morgan fingerprint density at radius 2 is 1.86 bits per heavy atom. The fourth-order valence-corrected chi connectivity index (χ4v) is 3.95. The first-order valence-electron chi connectivity index (χ1n) is 7.98. The van der Waals surface area contributed by atoms with Crippen molar-refractivity contribution in [2.45, 2.75) is 40.2 Å². The van der Waals surface area contributed by atoms with E-state index >= 15 is 0 Å². The molecule has 1 atom stereocenters. The molecule has 0 unspecified atom stereocenters. The highest BCUT2D eigenvalue weighted by Gasteiger charge is 2.21. The van der Waals surface area contributed by atoms with Gasteiger partial charge in [-0.2, -0.15) is 0 Å². The maximum Gasteiger partial charge on any atom is 0.208 e. The smallest absolute Gasteiger partial charge is 0.208 e. The predicted molar refractivity (Wildman–Crippen MR) is 91.5 cm³/mol. The second-order valence-corrected chi connectivity index (χ2v) is 8.57. The molecule has 0 aliphatic carbocycles. The number of rotatable bonds is 5. The quantitative estimate of drug-likeness (QED) is 0.904. The summed E-state index contributed by atoms with van der Waals surface area (Å²) < 4.78 is 25.1. The molecule has 0 spiro atoms. The topological polar surface area (TPSA) is 49.4 Å². The molecule has 1 N–H and O–H groups in total. The van der Waals surface area contributed by atoms with Gasteiger partial charge in [0.15, 0.2) is 0 Å².